The average molecular weight is 554 g/mol. The lowest BCUT2D eigenvalue weighted by Gasteiger charge is -2.12. The molecule has 0 unspecified atom stereocenters. The van der Waals surface area contributed by atoms with Gasteiger partial charge in [-0.1, -0.05) is 30.3 Å². The molecule has 0 atom stereocenters. The molecule has 3 rings (SSSR count). The van der Waals surface area contributed by atoms with Crippen LogP contribution in [0.2, 0.25) is 0 Å². The number of guanidine groups is 1. The third kappa shape index (κ3) is 7.53. The molecule has 8 heteroatoms. The fourth-order valence-electron chi connectivity index (χ4n) is 3.34. The molecule has 0 saturated carbocycles. The Morgan fingerprint density at radius 2 is 1.77 bits per heavy atom. The fraction of sp³-hybridized carbons (Fsp3) is 0.348. The lowest BCUT2D eigenvalue weighted by Crippen LogP contribution is -2.38. The van der Waals surface area contributed by atoms with E-state index in [9.17, 15) is 8.42 Å². The Balaban J connectivity index is 0.00000341. The molecule has 3 aromatic rings. The van der Waals surface area contributed by atoms with Gasteiger partial charge >= 0.3 is 0 Å². The standard InChI is InChI=1S/C23H30N4O2S.HI/c1-3-24-23(26-16-13-19-9-11-21(12-10-19)30(2,28)29)25-15-6-17-27-18-14-20-7-4-5-8-22(20)27;/h4-5,7-12,14,18H,3,6,13,15-17H2,1-2H3,(H2,24,25,26);1H. The number of nitrogens with one attached hydrogen (secondary N) is 2. The van der Waals surface area contributed by atoms with Gasteiger partial charge < -0.3 is 15.2 Å². The first-order valence-corrected chi connectivity index (χ1v) is 12.2. The number of nitrogens with zero attached hydrogens (tertiary/aromatic N) is 2. The Kier molecular flexibility index (Phi) is 9.83. The van der Waals surface area contributed by atoms with Crippen molar-refractivity contribution in [1.82, 2.24) is 15.2 Å². The van der Waals surface area contributed by atoms with Crippen LogP contribution in [-0.4, -0.2) is 44.8 Å². The van der Waals surface area contributed by atoms with Gasteiger partial charge in [-0.25, -0.2) is 8.42 Å². The normalized spacial score (nSPS) is 11.9. The van der Waals surface area contributed by atoms with Crippen molar-refractivity contribution in [2.24, 2.45) is 4.99 Å². The van der Waals surface area contributed by atoms with Crippen molar-refractivity contribution in [3.63, 3.8) is 0 Å². The van der Waals surface area contributed by atoms with E-state index in [-0.39, 0.29) is 24.0 Å². The Labute approximate surface area is 202 Å². The maximum absolute atomic E-state index is 11.5. The fourth-order valence-corrected chi connectivity index (χ4v) is 3.97. The smallest absolute Gasteiger partial charge is 0.191 e. The van der Waals surface area contributed by atoms with Gasteiger partial charge in [0.05, 0.1) is 4.90 Å². The quantitative estimate of drug-likeness (QED) is 0.183. The van der Waals surface area contributed by atoms with Crippen LogP contribution in [0.25, 0.3) is 10.9 Å². The topological polar surface area (TPSA) is 75.5 Å². The van der Waals surface area contributed by atoms with Crippen molar-refractivity contribution in [2.45, 2.75) is 31.2 Å². The summed E-state index contributed by atoms with van der Waals surface area (Å²) in [6.45, 7) is 5.25. The highest BCUT2D eigenvalue weighted by Crippen LogP contribution is 2.15. The Morgan fingerprint density at radius 3 is 2.48 bits per heavy atom. The number of benzene rings is 2. The van der Waals surface area contributed by atoms with Crippen LogP contribution in [0.3, 0.4) is 0 Å². The van der Waals surface area contributed by atoms with E-state index >= 15 is 0 Å². The molecule has 1 heterocycles. The minimum Gasteiger partial charge on any atom is -0.357 e. The number of hydrogen-bond donors (Lipinski definition) is 2. The second-order valence-electron chi connectivity index (χ2n) is 7.28. The molecule has 168 valence electrons. The molecule has 2 aromatic carbocycles. The Bertz CT molecular complexity index is 1090. The van der Waals surface area contributed by atoms with E-state index in [1.807, 2.05) is 19.1 Å². The average Bonchev–Trinajstić information content (AvgIpc) is 3.14. The molecule has 31 heavy (non-hydrogen) atoms. The summed E-state index contributed by atoms with van der Waals surface area (Å²) >= 11 is 0. The van der Waals surface area contributed by atoms with E-state index in [1.54, 1.807) is 12.1 Å². The summed E-state index contributed by atoms with van der Waals surface area (Å²) in [5.41, 5.74) is 2.35. The minimum absolute atomic E-state index is 0. The summed E-state index contributed by atoms with van der Waals surface area (Å²) in [6, 6.07) is 17.6. The van der Waals surface area contributed by atoms with Crippen LogP contribution < -0.4 is 10.6 Å². The summed E-state index contributed by atoms with van der Waals surface area (Å²) in [5.74, 6) is 0.808. The molecule has 1 aromatic heterocycles. The molecule has 0 bridgehead atoms. The van der Waals surface area contributed by atoms with Gasteiger partial charge in [0.1, 0.15) is 0 Å². The Morgan fingerprint density at radius 1 is 1.03 bits per heavy atom. The third-order valence-corrected chi connectivity index (χ3v) is 6.04. The van der Waals surface area contributed by atoms with E-state index in [2.05, 4.69) is 56.7 Å². The number of halogens is 1. The van der Waals surface area contributed by atoms with E-state index in [4.69, 9.17) is 0 Å². The minimum atomic E-state index is -3.15. The van der Waals surface area contributed by atoms with Gasteiger partial charge in [0.25, 0.3) is 0 Å². The highest BCUT2D eigenvalue weighted by Gasteiger charge is 2.06. The summed E-state index contributed by atoms with van der Waals surface area (Å²) in [5, 5.41) is 7.89. The van der Waals surface area contributed by atoms with Crippen molar-refractivity contribution in [2.75, 3.05) is 25.9 Å². The highest BCUT2D eigenvalue weighted by atomic mass is 127. The molecule has 0 amide bonds. The summed E-state index contributed by atoms with van der Waals surface area (Å²) in [4.78, 5) is 5.02. The van der Waals surface area contributed by atoms with Gasteiger partial charge in [0.15, 0.2) is 15.8 Å². The van der Waals surface area contributed by atoms with Crippen LogP contribution in [0.1, 0.15) is 18.9 Å². The van der Waals surface area contributed by atoms with Crippen LogP contribution in [0, 0.1) is 0 Å². The monoisotopic (exact) mass is 554 g/mol. The van der Waals surface area contributed by atoms with Gasteiger partial charge in [-0.2, -0.15) is 0 Å². The SMILES string of the molecule is CCNC(=NCCCn1ccc2ccccc21)NCCc1ccc(S(C)(=O)=O)cc1.I. The van der Waals surface area contributed by atoms with Crippen molar-refractivity contribution < 1.29 is 8.42 Å². The third-order valence-electron chi connectivity index (χ3n) is 4.91. The second kappa shape index (κ2) is 12.1. The Hall–Kier alpha value is -2.07. The first-order chi connectivity index (χ1) is 14.5. The number of aryl methyl sites for hydroxylation is 1. The lowest BCUT2D eigenvalue weighted by molar-refractivity contribution is 0.602. The number of aliphatic imine (C=N–C) groups is 1. The van der Waals surface area contributed by atoms with Crippen LogP contribution in [0.4, 0.5) is 0 Å². The summed E-state index contributed by atoms with van der Waals surface area (Å²) in [6.07, 6.45) is 5.11. The predicted octanol–water partition coefficient (Wildman–Crippen LogP) is 3.85. The zero-order chi connectivity index (χ0) is 21.4. The largest absolute Gasteiger partial charge is 0.357 e. The highest BCUT2D eigenvalue weighted by molar-refractivity contribution is 14.0. The molecule has 0 aliphatic heterocycles. The second-order valence-corrected chi connectivity index (χ2v) is 9.29. The molecular weight excluding hydrogens is 523 g/mol. The van der Waals surface area contributed by atoms with Crippen molar-refractivity contribution in [1.29, 1.82) is 0 Å². The van der Waals surface area contributed by atoms with E-state index in [0.717, 1.165) is 50.5 Å². The molecule has 0 spiro atoms. The van der Waals surface area contributed by atoms with Gasteiger partial charge in [0, 0.05) is 44.1 Å². The first kappa shape index (κ1) is 25.2. The van der Waals surface area contributed by atoms with Gasteiger partial charge in [0.2, 0.25) is 0 Å². The first-order valence-electron chi connectivity index (χ1n) is 10.3. The van der Waals surface area contributed by atoms with Gasteiger partial charge in [-0.05, 0) is 55.0 Å². The molecule has 2 N–H and O–H groups in total. The van der Waals surface area contributed by atoms with E-state index < -0.39 is 9.84 Å². The number of para-hydroxylation sites is 1. The molecule has 0 aliphatic carbocycles. The molecule has 0 fully saturated rings. The van der Waals surface area contributed by atoms with Crippen molar-refractivity contribution >= 4 is 50.7 Å². The maximum Gasteiger partial charge on any atom is 0.191 e. The zero-order valence-corrected chi connectivity index (χ0v) is 21.2. The number of fused-ring (bicyclic) bond motifs is 1. The van der Waals surface area contributed by atoms with Gasteiger partial charge in [-0.3, -0.25) is 4.99 Å². The maximum atomic E-state index is 11.5. The zero-order valence-electron chi connectivity index (χ0n) is 18.0. The number of sulfone groups is 1. The van der Waals surface area contributed by atoms with E-state index in [1.165, 1.54) is 17.2 Å². The van der Waals surface area contributed by atoms with Crippen molar-refractivity contribution in [3.8, 4) is 0 Å². The van der Waals surface area contributed by atoms with Crippen LogP contribution in [-0.2, 0) is 22.8 Å². The molecule has 6 nitrogen and oxygen atoms in total. The number of hydrogen-bond acceptors (Lipinski definition) is 3. The summed E-state index contributed by atoms with van der Waals surface area (Å²) < 4.78 is 25.4. The molecular formula is C23H31IN4O2S. The molecule has 0 radical (unpaired) electrons. The predicted molar refractivity (Wildman–Crippen MR) is 139 cm³/mol. The van der Waals surface area contributed by atoms with Crippen LogP contribution in [0.15, 0.2) is 70.7 Å². The molecule has 0 aliphatic rings. The number of rotatable bonds is 9. The van der Waals surface area contributed by atoms with E-state index in [0.29, 0.717) is 4.90 Å². The molecule has 0 saturated heterocycles. The number of aromatic nitrogens is 1. The summed E-state index contributed by atoms with van der Waals surface area (Å²) in [7, 11) is -3.15. The van der Waals surface area contributed by atoms with Crippen molar-refractivity contribution in [3.05, 3.63) is 66.4 Å². The van der Waals surface area contributed by atoms with Crippen LogP contribution >= 0.6 is 24.0 Å². The van der Waals surface area contributed by atoms with Crippen LogP contribution in [0.5, 0.6) is 0 Å². The lowest BCUT2D eigenvalue weighted by atomic mass is 10.1. The van der Waals surface area contributed by atoms with Gasteiger partial charge in [-0.15, -0.1) is 24.0 Å².